The van der Waals surface area contributed by atoms with E-state index in [1.807, 2.05) is 0 Å². The Morgan fingerprint density at radius 3 is 2.33 bits per heavy atom. The molecule has 0 saturated carbocycles. The van der Waals surface area contributed by atoms with Gasteiger partial charge in [-0.1, -0.05) is 47.8 Å². The second kappa shape index (κ2) is 7.67. The molecule has 2 nitrogen and oxygen atoms in total. The third-order valence-electron chi connectivity index (χ3n) is 1.06. The molecule has 0 radical (unpaired) electrons. The molecule has 1 N–H and O–H groups in total. The van der Waals surface area contributed by atoms with Gasteiger partial charge < -0.3 is 9.84 Å². The third-order valence-corrected chi connectivity index (χ3v) is 3.30. The maximum absolute atomic E-state index is 12.6. The van der Waals surface area contributed by atoms with Gasteiger partial charge in [0.05, 0.1) is 12.7 Å². The summed E-state index contributed by atoms with van der Waals surface area (Å²) in [5.41, 5.74) is 0. The van der Waals surface area contributed by atoms with Crippen molar-refractivity contribution in [3.8, 4) is 0 Å². The van der Waals surface area contributed by atoms with Gasteiger partial charge in [-0.15, -0.1) is 0 Å². The van der Waals surface area contributed by atoms with Gasteiger partial charge in [-0.05, 0) is 0 Å². The molecule has 0 aromatic heterocycles. The van der Waals surface area contributed by atoms with Crippen LogP contribution in [-0.2, 0) is 4.74 Å². The van der Waals surface area contributed by atoms with Crippen molar-refractivity contribution in [2.75, 3.05) is 17.3 Å². The quantitative estimate of drug-likeness (QED) is 0.724. The van der Waals surface area contributed by atoms with Crippen molar-refractivity contribution in [1.82, 2.24) is 0 Å². The summed E-state index contributed by atoms with van der Waals surface area (Å²) in [6.45, 7) is -0.0226. The number of alkyl halides is 4. The molecule has 0 rings (SSSR count). The number of ether oxygens (including phenoxy) is 1. The smallest absolute Gasteiger partial charge is 0.139 e. The van der Waals surface area contributed by atoms with Gasteiger partial charge in [-0.3, -0.25) is 0 Å². The molecule has 3 atom stereocenters. The lowest BCUT2D eigenvalue weighted by Crippen LogP contribution is -2.27. The monoisotopic (exact) mass is 370 g/mol. The summed E-state index contributed by atoms with van der Waals surface area (Å²) in [6.07, 6.45) is -1.69. The first-order chi connectivity index (χ1) is 5.61. The van der Waals surface area contributed by atoms with Gasteiger partial charge in [0.1, 0.15) is 11.2 Å². The van der Waals surface area contributed by atoms with Crippen LogP contribution in [0.5, 0.6) is 0 Å². The fourth-order valence-corrected chi connectivity index (χ4v) is 1.79. The summed E-state index contributed by atoms with van der Waals surface area (Å²) in [4.78, 5) is 0. The first-order valence-corrected chi connectivity index (χ1v) is 6.47. The molecule has 0 aliphatic carbocycles. The first-order valence-electron chi connectivity index (χ1n) is 3.31. The zero-order chi connectivity index (χ0) is 9.56. The average Bonchev–Trinajstić information content (AvgIpc) is 2.11. The lowest BCUT2D eigenvalue weighted by Gasteiger charge is -2.16. The summed E-state index contributed by atoms with van der Waals surface area (Å²) in [5.74, 6) is 0. The van der Waals surface area contributed by atoms with Crippen LogP contribution < -0.4 is 0 Å². The SMILES string of the molecule is OC(CBr)C(Br)OCC(F)CBr. The van der Waals surface area contributed by atoms with Crippen LogP contribution in [0.4, 0.5) is 4.39 Å². The number of hydrogen-bond acceptors (Lipinski definition) is 2. The maximum Gasteiger partial charge on any atom is 0.139 e. The minimum atomic E-state index is -1.03. The van der Waals surface area contributed by atoms with Crippen molar-refractivity contribution >= 4 is 47.8 Å². The van der Waals surface area contributed by atoms with E-state index in [2.05, 4.69) is 47.8 Å². The van der Waals surface area contributed by atoms with Crippen molar-refractivity contribution in [2.45, 2.75) is 17.3 Å². The van der Waals surface area contributed by atoms with Crippen LogP contribution in [0.3, 0.4) is 0 Å². The maximum atomic E-state index is 12.6. The van der Waals surface area contributed by atoms with E-state index in [0.717, 1.165) is 0 Å². The molecular formula is C6H10Br3FO2. The predicted molar refractivity (Wildman–Crippen MR) is 57.2 cm³/mol. The molecule has 0 heterocycles. The fraction of sp³-hybridized carbons (Fsp3) is 1.00. The number of halogens is 4. The Morgan fingerprint density at radius 2 is 1.92 bits per heavy atom. The van der Waals surface area contributed by atoms with Crippen LogP contribution in [0.15, 0.2) is 0 Å². The molecule has 0 amide bonds. The third kappa shape index (κ3) is 5.85. The molecule has 3 unspecified atom stereocenters. The Hall–Kier alpha value is 1.29. The van der Waals surface area contributed by atoms with Crippen molar-refractivity contribution in [3.63, 3.8) is 0 Å². The molecule has 0 fully saturated rings. The fourth-order valence-electron chi connectivity index (χ4n) is 0.422. The van der Waals surface area contributed by atoms with E-state index in [1.54, 1.807) is 0 Å². The van der Waals surface area contributed by atoms with Crippen LogP contribution in [0.25, 0.3) is 0 Å². The highest BCUT2D eigenvalue weighted by Gasteiger charge is 2.16. The van der Waals surface area contributed by atoms with E-state index in [-0.39, 0.29) is 11.9 Å². The lowest BCUT2D eigenvalue weighted by atomic mass is 10.4. The van der Waals surface area contributed by atoms with Crippen LogP contribution in [0.1, 0.15) is 0 Å². The molecule has 0 aliphatic rings. The normalized spacial score (nSPS) is 18.8. The summed E-state index contributed by atoms with van der Waals surface area (Å²) >= 11 is 9.13. The van der Waals surface area contributed by atoms with Crippen LogP contribution >= 0.6 is 47.8 Å². The Morgan fingerprint density at radius 1 is 1.33 bits per heavy atom. The van der Waals surface area contributed by atoms with Crippen LogP contribution in [0.2, 0.25) is 0 Å². The molecule has 0 aromatic rings. The van der Waals surface area contributed by atoms with Crippen molar-refractivity contribution in [2.24, 2.45) is 0 Å². The highest BCUT2D eigenvalue weighted by molar-refractivity contribution is 9.10. The molecule has 0 saturated heterocycles. The Bertz CT molecular complexity index is 117. The van der Waals surface area contributed by atoms with Gasteiger partial charge >= 0.3 is 0 Å². The van der Waals surface area contributed by atoms with Gasteiger partial charge in [0.25, 0.3) is 0 Å². The van der Waals surface area contributed by atoms with E-state index in [4.69, 9.17) is 9.84 Å². The Balaban J connectivity index is 3.49. The Kier molecular flexibility index (Phi) is 8.50. The first kappa shape index (κ1) is 13.3. The number of aliphatic hydroxyl groups is 1. The molecular weight excluding hydrogens is 363 g/mol. The van der Waals surface area contributed by atoms with Gasteiger partial charge in [-0.25, -0.2) is 4.39 Å². The minimum Gasteiger partial charge on any atom is -0.389 e. The Labute approximate surface area is 96.2 Å². The highest BCUT2D eigenvalue weighted by Crippen LogP contribution is 2.11. The minimum absolute atomic E-state index is 0.0226. The van der Waals surface area contributed by atoms with E-state index in [0.29, 0.717) is 5.33 Å². The zero-order valence-electron chi connectivity index (χ0n) is 6.22. The van der Waals surface area contributed by atoms with Crippen molar-refractivity contribution < 1.29 is 14.2 Å². The van der Waals surface area contributed by atoms with Gasteiger partial charge in [-0.2, -0.15) is 0 Å². The van der Waals surface area contributed by atoms with Gasteiger partial charge in [0, 0.05) is 10.7 Å². The molecule has 12 heavy (non-hydrogen) atoms. The summed E-state index contributed by atoms with van der Waals surface area (Å²) in [7, 11) is 0. The average molecular weight is 373 g/mol. The molecule has 0 spiro atoms. The lowest BCUT2D eigenvalue weighted by molar-refractivity contribution is 0.0111. The molecule has 6 heteroatoms. The highest BCUT2D eigenvalue weighted by atomic mass is 79.9. The number of rotatable bonds is 6. The zero-order valence-corrected chi connectivity index (χ0v) is 11.0. The topological polar surface area (TPSA) is 29.5 Å². The van der Waals surface area contributed by atoms with Crippen molar-refractivity contribution in [3.05, 3.63) is 0 Å². The van der Waals surface area contributed by atoms with Crippen LogP contribution in [-0.4, -0.2) is 39.7 Å². The van der Waals surface area contributed by atoms with E-state index < -0.39 is 17.3 Å². The standard InChI is InChI=1S/C6H10Br3FO2/c7-1-4(10)3-12-6(9)5(11)2-8/h4-6,11H,1-3H2. The van der Waals surface area contributed by atoms with Gasteiger partial charge in [0.15, 0.2) is 0 Å². The van der Waals surface area contributed by atoms with Crippen molar-refractivity contribution in [1.29, 1.82) is 0 Å². The molecule has 0 aliphatic heterocycles. The number of hydrogen-bond donors (Lipinski definition) is 1. The summed E-state index contributed by atoms with van der Waals surface area (Å²) in [5, 5.41) is 9.28. The predicted octanol–water partition coefficient (Wildman–Crippen LogP) is 2.21. The summed E-state index contributed by atoms with van der Waals surface area (Å²) in [6, 6.07) is 0. The van der Waals surface area contributed by atoms with Gasteiger partial charge in [0.2, 0.25) is 0 Å². The molecule has 0 bridgehead atoms. The van der Waals surface area contributed by atoms with Crippen LogP contribution in [0, 0.1) is 0 Å². The second-order valence-corrected chi connectivity index (χ2v) is 4.36. The summed E-state index contributed by atoms with van der Waals surface area (Å²) < 4.78 is 17.6. The second-order valence-electron chi connectivity index (χ2n) is 2.16. The van der Waals surface area contributed by atoms with E-state index >= 15 is 0 Å². The largest absolute Gasteiger partial charge is 0.389 e. The molecule has 0 aromatic carbocycles. The number of aliphatic hydroxyl groups excluding tert-OH is 1. The van der Waals surface area contributed by atoms with E-state index in [1.165, 1.54) is 0 Å². The molecule has 74 valence electrons. The van der Waals surface area contributed by atoms with E-state index in [9.17, 15) is 4.39 Å².